The van der Waals surface area contributed by atoms with Gasteiger partial charge in [0.25, 0.3) is 9.05 Å². The molecule has 0 saturated carbocycles. The minimum absolute atomic E-state index is 0.139. The van der Waals surface area contributed by atoms with Gasteiger partial charge in [-0.3, -0.25) is 4.57 Å². The van der Waals surface area contributed by atoms with Crippen LogP contribution in [0, 0.1) is 0 Å². The molecule has 16 heavy (non-hydrogen) atoms. The van der Waals surface area contributed by atoms with Gasteiger partial charge in [-0.05, 0) is 26.8 Å². The van der Waals surface area contributed by atoms with Crippen molar-refractivity contribution in [3.8, 4) is 0 Å². The van der Waals surface area contributed by atoms with E-state index in [-0.39, 0.29) is 4.90 Å². The van der Waals surface area contributed by atoms with Gasteiger partial charge in [0.15, 0.2) is 0 Å². The molecule has 0 fully saturated rings. The van der Waals surface area contributed by atoms with Gasteiger partial charge in [0.2, 0.25) is 0 Å². The summed E-state index contributed by atoms with van der Waals surface area (Å²) in [4.78, 5) is 11.4. The minimum atomic E-state index is -3.82. The molecule has 0 radical (unpaired) electrons. The Morgan fingerprint density at radius 1 is 1.44 bits per heavy atom. The van der Waals surface area contributed by atoms with Gasteiger partial charge in [-0.1, -0.05) is 0 Å². The zero-order valence-corrected chi connectivity index (χ0v) is 10.7. The van der Waals surface area contributed by atoms with E-state index in [1.54, 1.807) is 20.8 Å². The average Bonchev–Trinajstić information content (AvgIpc) is 2.46. The van der Waals surface area contributed by atoms with Crippen LogP contribution >= 0.6 is 10.7 Å². The normalized spacial score (nSPS) is 12.5. The van der Waals surface area contributed by atoms with Crippen LogP contribution in [-0.2, 0) is 13.8 Å². The lowest BCUT2D eigenvalue weighted by Gasteiger charge is -2.19. The number of hydrogen-bond donors (Lipinski definition) is 0. The van der Waals surface area contributed by atoms with Crippen LogP contribution in [0.3, 0.4) is 0 Å². The second-order valence-corrected chi connectivity index (χ2v) is 6.74. The predicted octanol–water partition coefficient (Wildman–Crippen LogP) is 2.20. The lowest BCUT2D eigenvalue weighted by atomic mass is 10.2. The molecule has 90 valence electrons. The van der Waals surface area contributed by atoms with Crippen LogP contribution in [0.15, 0.2) is 23.4 Å². The van der Waals surface area contributed by atoms with Crippen LogP contribution in [0.4, 0.5) is 4.79 Å². The highest BCUT2D eigenvalue weighted by atomic mass is 35.7. The summed E-state index contributed by atoms with van der Waals surface area (Å²) >= 11 is 0. The van der Waals surface area contributed by atoms with Crippen molar-refractivity contribution in [3.05, 3.63) is 18.5 Å². The third-order valence-corrected chi connectivity index (χ3v) is 2.89. The minimum Gasteiger partial charge on any atom is -0.443 e. The topological polar surface area (TPSA) is 65.4 Å². The van der Waals surface area contributed by atoms with E-state index in [2.05, 4.69) is 0 Å². The van der Waals surface area contributed by atoms with Gasteiger partial charge >= 0.3 is 6.09 Å². The molecule has 0 bridgehead atoms. The Bertz CT molecular complexity index is 498. The molecular formula is C9H12ClNO4S. The van der Waals surface area contributed by atoms with Crippen molar-refractivity contribution in [3.63, 3.8) is 0 Å². The van der Waals surface area contributed by atoms with Gasteiger partial charge in [0.05, 0.1) is 0 Å². The van der Waals surface area contributed by atoms with Crippen LogP contribution in [0.2, 0.25) is 0 Å². The first-order valence-electron chi connectivity index (χ1n) is 4.45. The molecule has 0 saturated heterocycles. The Labute approximate surface area is 98.4 Å². The summed E-state index contributed by atoms with van der Waals surface area (Å²) in [6.07, 6.45) is 1.73. The van der Waals surface area contributed by atoms with E-state index in [1.165, 1.54) is 12.3 Å². The van der Waals surface area contributed by atoms with Crippen molar-refractivity contribution in [1.29, 1.82) is 0 Å². The molecule has 7 heteroatoms. The fourth-order valence-electron chi connectivity index (χ4n) is 0.949. The summed E-state index contributed by atoms with van der Waals surface area (Å²) in [5, 5.41) is 0. The quantitative estimate of drug-likeness (QED) is 0.730. The number of halogens is 1. The maximum absolute atomic E-state index is 11.5. The molecule has 1 aromatic heterocycles. The first-order valence-corrected chi connectivity index (χ1v) is 6.76. The van der Waals surface area contributed by atoms with Crippen LogP contribution < -0.4 is 0 Å². The van der Waals surface area contributed by atoms with Crippen molar-refractivity contribution in [2.75, 3.05) is 0 Å². The summed E-state index contributed by atoms with van der Waals surface area (Å²) < 4.78 is 28.0. The third kappa shape index (κ3) is 3.53. The molecule has 0 aliphatic heterocycles. The van der Waals surface area contributed by atoms with Crippen molar-refractivity contribution < 1.29 is 17.9 Å². The van der Waals surface area contributed by atoms with Crippen LogP contribution in [0.25, 0.3) is 0 Å². The van der Waals surface area contributed by atoms with E-state index in [0.717, 1.165) is 10.8 Å². The van der Waals surface area contributed by atoms with Gasteiger partial charge in [0.1, 0.15) is 10.5 Å². The zero-order valence-electron chi connectivity index (χ0n) is 9.10. The van der Waals surface area contributed by atoms with Crippen LogP contribution in [0.1, 0.15) is 20.8 Å². The number of nitrogens with zero attached hydrogens (tertiary/aromatic N) is 1. The number of rotatable bonds is 1. The molecule has 0 N–H and O–H groups in total. The fraction of sp³-hybridized carbons (Fsp3) is 0.444. The number of carbonyl (C=O) groups is 1. The summed E-state index contributed by atoms with van der Waals surface area (Å²) in [6.45, 7) is 5.15. The van der Waals surface area contributed by atoms with Crippen molar-refractivity contribution >= 4 is 25.8 Å². The van der Waals surface area contributed by atoms with E-state index >= 15 is 0 Å². The number of ether oxygens (including phenoxy) is 1. The van der Waals surface area contributed by atoms with Crippen molar-refractivity contribution in [2.24, 2.45) is 0 Å². The second kappa shape index (κ2) is 4.10. The fourth-order valence-corrected chi connectivity index (χ4v) is 1.69. The number of aromatic nitrogens is 1. The van der Waals surface area contributed by atoms with Gasteiger partial charge in [-0.25, -0.2) is 13.2 Å². The van der Waals surface area contributed by atoms with E-state index in [0.29, 0.717) is 0 Å². The average molecular weight is 266 g/mol. The first kappa shape index (κ1) is 13.1. The highest BCUT2D eigenvalue weighted by Crippen LogP contribution is 2.16. The largest absolute Gasteiger partial charge is 0.443 e. The van der Waals surface area contributed by atoms with E-state index < -0.39 is 20.7 Å². The molecule has 0 spiro atoms. The summed E-state index contributed by atoms with van der Waals surface area (Å²) in [7, 11) is 1.30. The standard InChI is InChI=1S/C9H12ClNO4S/c1-9(2,3)15-8(12)11-5-4-7(6-11)16(10,13)14/h4-6H,1-3H3. The van der Waals surface area contributed by atoms with Crippen LogP contribution in [-0.4, -0.2) is 24.7 Å². The predicted molar refractivity (Wildman–Crippen MR) is 59.1 cm³/mol. The highest BCUT2D eigenvalue weighted by molar-refractivity contribution is 8.13. The molecule has 0 aromatic carbocycles. The molecule has 0 atom stereocenters. The maximum atomic E-state index is 11.5. The van der Waals surface area contributed by atoms with Crippen molar-refractivity contribution in [1.82, 2.24) is 4.57 Å². The SMILES string of the molecule is CC(C)(C)OC(=O)n1ccc(S(=O)(=O)Cl)c1. The Morgan fingerprint density at radius 3 is 2.38 bits per heavy atom. The Balaban J connectivity index is 2.92. The molecule has 5 nitrogen and oxygen atoms in total. The molecule has 0 aliphatic carbocycles. The molecule has 0 aliphatic rings. The molecule has 0 unspecified atom stereocenters. The first-order chi connectivity index (χ1) is 7.09. The van der Waals surface area contributed by atoms with E-state index in [9.17, 15) is 13.2 Å². The monoisotopic (exact) mass is 265 g/mol. The van der Waals surface area contributed by atoms with E-state index in [4.69, 9.17) is 15.4 Å². The van der Waals surface area contributed by atoms with Gasteiger partial charge in [-0.2, -0.15) is 0 Å². The molecule has 1 heterocycles. The number of hydrogen-bond acceptors (Lipinski definition) is 4. The Morgan fingerprint density at radius 2 is 2.00 bits per heavy atom. The lowest BCUT2D eigenvalue weighted by Crippen LogP contribution is -2.26. The Hall–Kier alpha value is -1.01. The lowest BCUT2D eigenvalue weighted by molar-refractivity contribution is 0.0537. The highest BCUT2D eigenvalue weighted by Gasteiger charge is 2.19. The molecular weight excluding hydrogens is 254 g/mol. The van der Waals surface area contributed by atoms with Gasteiger partial charge in [-0.15, -0.1) is 0 Å². The third-order valence-electron chi connectivity index (χ3n) is 1.55. The van der Waals surface area contributed by atoms with Crippen molar-refractivity contribution in [2.45, 2.75) is 31.3 Å². The maximum Gasteiger partial charge on any atom is 0.418 e. The van der Waals surface area contributed by atoms with Gasteiger partial charge in [0, 0.05) is 23.1 Å². The molecule has 1 aromatic rings. The van der Waals surface area contributed by atoms with Crippen LogP contribution in [0.5, 0.6) is 0 Å². The summed E-state index contributed by atoms with van der Waals surface area (Å²) in [5.74, 6) is 0. The Kier molecular flexibility index (Phi) is 3.35. The summed E-state index contributed by atoms with van der Waals surface area (Å²) in [6, 6.07) is 1.23. The molecule has 1 rings (SSSR count). The smallest absolute Gasteiger partial charge is 0.418 e. The number of carbonyl (C=O) groups excluding carboxylic acids is 1. The summed E-state index contributed by atoms with van der Waals surface area (Å²) in [5.41, 5.74) is -0.638. The van der Waals surface area contributed by atoms with Gasteiger partial charge < -0.3 is 4.74 Å². The second-order valence-electron chi connectivity index (χ2n) is 4.17. The zero-order chi connectivity index (χ0) is 12.6. The van der Waals surface area contributed by atoms with E-state index in [1.807, 2.05) is 0 Å². The molecule has 0 amide bonds.